The van der Waals surface area contributed by atoms with Crippen LogP contribution in [0.1, 0.15) is 26.2 Å². The van der Waals surface area contributed by atoms with Gasteiger partial charge >= 0.3 is 5.97 Å². The van der Waals surface area contributed by atoms with Crippen molar-refractivity contribution >= 4 is 13.8 Å². The van der Waals surface area contributed by atoms with Crippen molar-refractivity contribution < 1.29 is 32.9 Å². The first-order valence-corrected chi connectivity index (χ1v) is 8.25. The predicted octanol–water partition coefficient (Wildman–Crippen LogP) is 0.828. The summed E-state index contributed by atoms with van der Waals surface area (Å²) in [5.41, 5.74) is 0.341. The lowest BCUT2D eigenvalue weighted by Gasteiger charge is -2.31. The number of quaternary nitrogens is 1. The molecule has 0 aromatic heterocycles. The van der Waals surface area contributed by atoms with E-state index in [0.29, 0.717) is 35.9 Å². The second kappa shape index (κ2) is 8.66. The van der Waals surface area contributed by atoms with E-state index in [1.807, 2.05) is 21.1 Å². The first kappa shape index (κ1) is 20.3. The van der Waals surface area contributed by atoms with Crippen LogP contribution in [0.15, 0.2) is 12.2 Å². The highest BCUT2D eigenvalue weighted by Gasteiger charge is 2.22. The number of phosphoric ester groups is 1. The minimum absolute atomic E-state index is 0.247. The predicted molar refractivity (Wildman–Crippen MR) is 77.2 cm³/mol. The summed E-state index contributed by atoms with van der Waals surface area (Å²) in [7, 11) is 0.953. The minimum atomic E-state index is -4.75. The largest absolute Gasteiger partial charge is 0.756 e. The Kier molecular flexibility index (Phi) is 8.36. The highest BCUT2D eigenvalue weighted by molar-refractivity contribution is 7.44. The molecule has 124 valence electrons. The van der Waals surface area contributed by atoms with Gasteiger partial charge in [0.15, 0.2) is 0 Å². The first-order valence-electron chi connectivity index (χ1n) is 6.76. The monoisotopic (exact) mass is 323 g/mol. The fourth-order valence-electron chi connectivity index (χ4n) is 1.74. The first-order chi connectivity index (χ1) is 9.41. The van der Waals surface area contributed by atoms with Gasteiger partial charge in [0.2, 0.25) is 0 Å². The summed E-state index contributed by atoms with van der Waals surface area (Å²) in [4.78, 5) is 30.8. The number of carbonyl (C=O) groups excluding carboxylic acids is 1. The van der Waals surface area contributed by atoms with E-state index in [1.54, 1.807) is 6.92 Å². The Hall–Kier alpha value is -0.720. The van der Waals surface area contributed by atoms with Crippen LogP contribution < -0.4 is 4.89 Å². The molecule has 7 nitrogen and oxygen atoms in total. The number of hydrogen-bond acceptors (Lipinski definition) is 5. The van der Waals surface area contributed by atoms with Crippen molar-refractivity contribution in [2.45, 2.75) is 32.3 Å². The maximum atomic E-state index is 11.2. The number of phosphoric acid groups is 1. The zero-order valence-electron chi connectivity index (χ0n) is 13.2. The number of carbonyl (C=O) groups is 1. The second-order valence-electron chi connectivity index (χ2n) is 6.08. The van der Waals surface area contributed by atoms with Crippen molar-refractivity contribution in [1.29, 1.82) is 0 Å². The van der Waals surface area contributed by atoms with E-state index in [1.165, 1.54) is 0 Å². The van der Waals surface area contributed by atoms with Gasteiger partial charge in [-0.3, -0.25) is 4.57 Å². The SMILES string of the molecule is C=C(C)C(=O)OCCCCC(C[N+](C)(C)C)OP(=O)([O-])O. The van der Waals surface area contributed by atoms with E-state index < -0.39 is 19.9 Å². The van der Waals surface area contributed by atoms with Crippen LogP contribution in [0.2, 0.25) is 0 Å². The van der Waals surface area contributed by atoms with Crippen LogP contribution in [0.25, 0.3) is 0 Å². The smallest absolute Gasteiger partial charge is 0.333 e. The Labute approximate surface area is 126 Å². The molecule has 0 saturated carbocycles. The highest BCUT2D eigenvalue weighted by atomic mass is 31.2. The van der Waals surface area contributed by atoms with Gasteiger partial charge in [-0.1, -0.05) is 6.58 Å². The molecule has 2 unspecified atom stereocenters. The van der Waals surface area contributed by atoms with Crippen molar-refractivity contribution in [3.8, 4) is 0 Å². The van der Waals surface area contributed by atoms with Gasteiger partial charge in [-0.2, -0.15) is 0 Å². The summed E-state index contributed by atoms with van der Waals surface area (Å²) in [6, 6.07) is 0. The fourth-order valence-corrected chi connectivity index (χ4v) is 2.29. The quantitative estimate of drug-likeness (QED) is 0.210. The summed E-state index contributed by atoms with van der Waals surface area (Å²) in [6.45, 7) is 5.73. The number of likely N-dealkylation sites (N-methyl/N-ethyl adjacent to an activating group) is 1. The molecule has 0 aliphatic carbocycles. The Morgan fingerprint density at radius 3 is 2.38 bits per heavy atom. The maximum absolute atomic E-state index is 11.2. The number of unbranched alkanes of at least 4 members (excludes halogenated alkanes) is 1. The molecule has 0 fully saturated rings. The molecule has 0 amide bonds. The standard InChI is InChI=1S/C13H26NO6P/c1-11(2)13(15)19-9-7-6-8-12(10-14(3,4)5)20-21(16,17)18/h12H,1,6-10H2,2-5H3,(H-,16,17,18). The molecule has 0 bridgehead atoms. The fraction of sp³-hybridized carbons (Fsp3) is 0.769. The van der Waals surface area contributed by atoms with Gasteiger partial charge in [-0.05, 0) is 26.2 Å². The molecule has 0 heterocycles. The summed E-state index contributed by atoms with van der Waals surface area (Å²) in [5, 5.41) is 0. The molecule has 2 atom stereocenters. The van der Waals surface area contributed by atoms with Crippen LogP contribution in [0, 0.1) is 0 Å². The highest BCUT2D eigenvalue weighted by Crippen LogP contribution is 2.34. The molecule has 1 N–H and O–H groups in total. The molecule has 21 heavy (non-hydrogen) atoms. The van der Waals surface area contributed by atoms with E-state index in [0.717, 1.165) is 0 Å². The topological polar surface area (TPSA) is 95.9 Å². The molecule has 0 aromatic rings. The summed E-state index contributed by atoms with van der Waals surface area (Å²) >= 11 is 0. The molecular weight excluding hydrogens is 297 g/mol. The lowest BCUT2D eigenvalue weighted by atomic mass is 10.1. The summed E-state index contributed by atoms with van der Waals surface area (Å²) in [5.74, 6) is -0.437. The third-order valence-electron chi connectivity index (χ3n) is 2.54. The van der Waals surface area contributed by atoms with Gasteiger partial charge in [0.25, 0.3) is 7.82 Å². The molecule has 0 aliphatic heterocycles. The lowest BCUT2D eigenvalue weighted by molar-refractivity contribution is -0.873. The molecule has 0 spiro atoms. The Bertz CT molecular complexity index is 398. The van der Waals surface area contributed by atoms with Crippen LogP contribution in [0.5, 0.6) is 0 Å². The van der Waals surface area contributed by atoms with Crippen molar-refractivity contribution in [2.24, 2.45) is 0 Å². The summed E-state index contributed by atoms with van der Waals surface area (Å²) < 4.78 is 21.0. The number of rotatable bonds is 10. The van der Waals surface area contributed by atoms with E-state index in [2.05, 4.69) is 6.58 Å². The van der Waals surface area contributed by atoms with Crippen LogP contribution in [-0.4, -0.2) is 55.7 Å². The normalized spacial score (nSPS) is 16.1. The van der Waals surface area contributed by atoms with Gasteiger partial charge in [0.05, 0.1) is 27.7 Å². The number of hydrogen-bond donors (Lipinski definition) is 1. The van der Waals surface area contributed by atoms with Crippen molar-refractivity contribution in [3.63, 3.8) is 0 Å². The van der Waals surface area contributed by atoms with Crippen molar-refractivity contribution in [2.75, 3.05) is 34.3 Å². The molecule has 0 aromatic carbocycles. The van der Waals surface area contributed by atoms with E-state index in [-0.39, 0.29) is 6.61 Å². The zero-order chi connectivity index (χ0) is 16.7. The van der Waals surface area contributed by atoms with E-state index in [4.69, 9.17) is 14.2 Å². The molecule has 0 saturated heterocycles. The van der Waals surface area contributed by atoms with E-state index >= 15 is 0 Å². The maximum Gasteiger partial charge on any atom is 0.333 e. The average Bonchev–Trinajstić information content (AvgIpc) is 2.23. The Balaban J connectivity index is 4.16. The van der Waals surface area contributed by atoms with Gasteiger partial charge in [-0.15, -0.1) is 0 Å². The number of nitrogens with zero attached hydrogens (tertiary/aromatic N) is 1. The molecule has 0 rings (SSSR count). The molecular formula is C13H26NO6P. The van der Waals surface area contributed by atoms with Crippen LogP contribution in [0.3, 0.4) is 0 Å². The molecule has 0 aliphatic rings. The van der Waals surface area contributed by atoms with Gasteiger partial charge in [0.1, 0.15) is 12.6 Å². The number of esters is 1. The minimum Gasteiger partial charge on any atom is -0.756 e. The number of ether oxygens (including phenoxy) is 1. The van der Waals surface area contributed by atoms with Crippen LogP contribution >= 0.6 is 7.82 Å². The third-order valence-corrected chi connectivity index (χ3v) is 3.10. The van der Waals surface area contributed by atoms with Gasteiger partial charge < -0.3 is 23.5 Å². The Morgan fingerprint density at radius 2 is 1.95 bits per heavy atom. The van der Waals surface area contributed by atoms with Crippen LogP contribution in [0.4, 0.5) is 0 Å². The van der Waals surface area contributed by atoms with Crippen molar-refractivity contribution in [3.05, 3.63) is 12.2 Å². The second-order valence-corrected chi connectivity index (χ2v) is 7.23. The van der Waals surface area contributed by atoms with E-state index in [9.17, 15) is 14.3 Å². The Morgan fingerprint density at radius 1 is 1.38 bits per heavy atom. The zero-order valence-corrected chi connectivity index (χ0v) is 14.1. The lowest BCUT2D eigenvalue weighted by Crippen LogP contribution is -2.42. The van der Waals surface area contributed by atoms with Crippen molar-refractivity contribution in [1.82, 2.24) is 0 Å². The van der Waals surface area contributed by atoms with Crippen LogP contribution in [-0.2, 0) is 18.6 Å². The van der Waals surface area contributed by atoms with Gasteiger partial charge in [0, 0.05) is 5.57 Å². The van der Waals surface area contributed by atoms with Gasteiger partial charge in [-0.25, -0.2) is 4.79 Å². The third kappa shape index (κ3) is 12.7. The molecule has 8 heteroatoms. The summed E-state index contributed by atoms with van der Waals surface area (Å²) in [6.07, 6.45) is 1.06. The average molecular weight is 323 g/mol. The molecule has 0 radical (unpaired) electrons.